The second-order valence-corrected chi connectivity index (χ2v) is 26.2. The highest BCUT2D eigenvalue weighted by Gasteiger charge is 2.46. The zero-order chi connectivity index (χ0) is 75.0. The molecule has 21 N–H and O–H groups in total. The molecule has 100 heavy (non-hydrogen) atoms. The van der Waals surface area contributed by atoms with E-state index in [4.69, 9.17) is 17.2 Å². The number of rotatable bonds is 38. The van der Waals surface area contributed by atoms with Gasteiger partial charge >= 0.3 is 5.97 Å². The van der Waals surface area contributed by atoms with Crippen LogP contribution in [0.1, 0.15) is 132 Å². The number of hydrogen-bond donors (Lipinski definition) is 18. The molecule has 4 rings (SSSR count). The van der Waals surface area contributed by atoms with E-state index in [0.717, 1.165) is 6.92 Å². The van der Waals surface area contributed by atoms with E-state index in [1.807, 2.05) is 0 Å². The van der Waals surface area contributed by atoms with Gasteiger partial charge in [-0.2, -0.15) is 0 Å². The average Bonchev–Trinajstić information content (AvgIpc) is 1.62. The van der Waals surface area contributed by atoms with Crippen LogP contribution in [0.25, 0.3) is 0 Å². The number of carbonyl (C=O) groups is 15. The minimum Gasteiger partial charge on any atom is -0.508 e. The lowest BCUT2D eigenvalue weighted by Gasteiger charge is -2.34. The van der Waals surface area contributed by atoms with Crippen molar-refractivity contribution < 1.29 is 97.5 Å². The summed E-state index contributed by atoms with van der Waals surface area (Å²) in [6.45, 7) is 9.93. The van der Waals surface area contributed by atoms with E-state index in [9.17, 15) is 97.5 Å². The van der Waals surface area contributed by atoms with E-state index in [1.165, 1.54) is 59.7 Å². The number of nitrogens with zero attached hydrogens (tertiary/aromatic N) is 3. The summed E-state index contributed by atoms with van der Waals surface area (Å²) in [5.74, 6) is -14.9. The number of phenolic OH excluding ortho intramolecular Hbond substituents is 1. The van der Waals surface area contributed by atoms with Gasteiger partial charge in [0.15, 0.2) is 0 Å². The lowest BCUT2D eigenvalue weighted by Crippen LogP contribution is -2.62. The summed E-state index contributed by atoms with van der Waals surface area (Å²) in [6.07, 6.45) is -1.55. The Morgan fingerprint density at radius 1 is 0.520 bits per heavy atom. The first kappa shape index (κ1) is 83.3. The number of amides is 14. The van der Waals surface area contributed by atoms with Crippen LogP contribution < -0.4 is 70.4 Å². The molecule has 0 aromatic heterocycles. The molecule has 3 fully saturated rings. The van der Waals surface area contributed by atoms with Crippen molar-refractivity contribution in [1.82, 2.24) is 67.9 Å². The lowest BCUT2D eigenvalue weighted by molar-refractivity contribution is -0.149. The highest BCUT2D eigenvalue weighted by molar-refractivity contribution is 6.00. The molecule has 3 saturated heterocycles. The number of phenols is 1. The van der Waals surface area contributed by atoms with Gasteiger partial charge in [-0.15, -0.1) is 0 Å². The number of carboxylic acids is 1. The quantitative estimate of drug-likeness (QED) is 0.0274. The Bertz CT molecular complexity index is 3080. The third kappa shape index (κ3) is 24.3. The second-order valence-electron chi connectivity index (χ2n) is 26.2. The fourth-order valence-corrected chi connectivity index (χ4v) is 11.7. The van der Waals surface area contributed by atoms with Crippen LogP contribution in [-0.2, 0) is 78.3 Å². The number of likely N-dealkylation sites (tertiary alicyclic amines) is 3. The highest BCUT2D eigenvalue weighted by atomic mass is 16.4. The Balaban J connectivity index is 1.43. The van der Waals surface area contributed by atoms with Crippen LogP contribution in [0.5, 0.6) is 5.75 Å². The number of carbonyl (C=O) groups excluding carboxylic acids is 14. The molecule has 36 nitrogen and oxygen atoms in total. The molecule has 3 heterocycles. The third-order valence-corrected chi connectivity index (χ3v) is 17.4. The van der Waals surface area contributed by atoms with Crippen LogP contribution in [-0.4, -0.2) is 259 Å². The van der Waals surface area contributed by atoms with Crippen molar-refractivity contribution in [2.45, 2.75) is 223 Å². The minimum absolute atomic E-state index is 0.0289. The molecule has 3 aliphatic rings. The van der Waals surface area contributed by atoms with Gasteiger partial charge in [0.05, 0.1) is 31.4 Å². The molecular formula is C64H102N16O20. The maximum Gasteiger partial charge on any atom is 0.326 e. The Kier molecular flexibility index (Phi) is 33.0. The van der Waals surface area contributed by atoms with Gasteiger partial charge in [0.25, 0.3) is 0 Å². The predicted octanol–water partition coefficient (Wildman–Crippen LogP) is -6.70. The summed E-state index contributed by atoms with van der Waals surface area (Å²) in [6, 6.07) is -12.2. The summed E-state index contributed by atoms with van der Waals surface area (Å²) in [5, 5.41) is 75.5. The van der Waals surface area contributed by atoms with Gasteiger partial charge in [-0.1, -0.05) is 39.8 Å². The summed E-state index contributed by atoms with van der Waals surface area (Å²) in [4.78, 5) is 206. The van der Waals surface area contributed by atoms with Crippen molar-refractivity contribution in [2.24, 2.45) is 29.0 Å². The smallest absolute Gasteiger partial charge is 0.326 e. The zero-order valence-electron chi connectivity index (χ0n) is 57.8. The maximum atomic E-state index is 14.8. The average molecular weight is 1420 g/mol. The zero-order valence-corrected chi connectivity index (χ0v) is 57.8. The molecule has 1 aromatic carbocycles. The van der Waals surface area contributed by atoms with Gasteiger partial charge in [0.1, 0.15) is 78.3 Å². The SMILES string of the molecule is CC(C)[C@H](NC(=O)CNC(=O)[C@H](CCC(N)=O)NC(=O)[C@@H](NC(=O)[C@H](C)N)[C@@H](C)O)C(=O)N[C@@H](Cc1ccc(O)cc1)C(=O)N1CCC[C@H]1C(=O)N1CCC[C@H]1C(=O)N[C@@H](C)C(=O)N[C@@H](CO)C(=O)N[C@H](C(=O)N[C@H](C(=O)N[C@@H](CCCCN)C(=O)N1CCC[C@H]1C(=O)O)C(C)C)[C@@H](C)O. The maximum absolute atomic E-state index is 14.8. The monoisotopic (exact) mass is 1410 g/mol. The highest BCUT2D eigenvalue weighted by Crippen LogP contribution is 2.27. The number of aliphatic carboxylic acids is 1. The standard InChI is InChI=1S/C64H102N16O20/c1-31(2)48(74-47(86)29-68-54(89)39(22-23-46(67)85)70-59(94)50(35(7)82)76-52(87)33(5)66)57(92)72-41(28-37-18-20-38(84)21-19-37)62(97)79-26-12-16-44(79)63(98)78-25-11-15-43(78)56(91)69-34(6)53(88)73-42(30-81)55(90)77-51(36(8)83)60(95)75-49(32(3)4)58(93)71-40(14-9-10-24-65)61(96)80-27-13-17-45(80)64(99)100/h18-21,31-36,39-45,48-51,81-84H,9-17,22-30,65-66H2,1-8H3,(H2,67,85)(H,68,89)(H,69,91)(H,70,94)(H,71,93)(H,72,92)(H,73,88)(H,74,86)(H,75,95)(H,76,87)(H,77,90)(H,99,100)/t33-,34-,35+,36+,39-,40-,41-,42-,43-,44-,45-,48-,49-,50-,51-/m0/s1. The van der Waals surface area contributed by atoms with Crippen molar-refractivity contribution >= 4 is 88.7 Å². The molecule has 15 atom stereocenters. The second kappa shape index (κ2) is 39.6. The molecule has 558 valence electrons. The Labute approximate surface area is 579 Å². The van der Waals surface area contributed by atoms with Crippen LogP contribution in [0, 0.1) is 11.8 Å². The minimum atomic E-state index is -1.79. The molecule has 0 radical (unpaired) electrons. The first-order chi connectivity index (χ1) is 47.0. The number of nitrogens with one attached hydrogen (secondary N) is 10. The van der Waals surface area contributed by atoms with Crippen molar-refractivity contribution in [3.05, 3.63) is 29.8 Å². The fourth-order valence-electron chi connectivity index (χ4n) is 11.7. The van der Waals surface area contributed by atoms with E-state index < -0.39 is 211 Å². The Morgan fingerprint density at radius 3 is 1.52 bits per heavy atom. The molecule has 36 heteroatoms. The van der Waals surface area contributed by atoms with Crippen LogP contribution in [0.3, 0.4) is 0 Å². The summed E-state index contributed by atoms with van der Waals surface area (Å²) in [7, 11) is 0. The molecule has 3 aliphatic heterocycles. The number of primary amides is 1. The summed E-state index contributed by atoms with van der Waals surface area (Å²) in [5.41, 5.74) is 17.0. The number of nitrogens with two attached hydrogens (primary N) is 3. The number of hydrogen-bond acceptors (Lipinski definition) is 21. The first-order valence-electron chi connectivity index (χ1n) is 33.7. The topological polar surface area (TPSA) is 565 Å². The number of aliphatic hydroxyl groups is 3. The van der Waals surface area contributed by atoms with Gasteiger partial charge in [0.2, 0.25) is 82.7 Å². The van der Waals surface area contributed by atoms with Crippen LogP contribution in [0.2, 0.25) is 0 Å². The fraction of sp³-hybridized carbons (Fsp3) is 0.672. The van der Waals surface area contributed by atoms with Crippen LogP contribution >= 0.6 is 0 Å². The van der Waals surface area contributed by atoms with E-state index in [2.05, 4.69) is 53.2 Å². The normalized spacial score (nSPS) is 19.5. The molecule has 0 saturated carbocycles. The predicted molar refractivity (Wildman–Crippen MR) is 355 cm³/mol. The number of aliphatic hydroxyl groups excluding tert-OH is 3. The molecule has 0 unspecified atom stereocenters. The Morgan fingerprint density at radius 2 is 0.990 bits per heavy atom. The van der Waals surface area contributed by atoms with Gasteiger partial charge < -0.3 is 111 Å². The van der Waals surface area contributed by atoms with Crippen molar-refractivity contribution in [2.75, 3.05) is 39.3 Å². The van der Waals surface area contributed by atoms with E-state index in [1.54, 1.807) is 27.7 Å². The first-order valence-corrected chi connectivity index (χ1v) is 33.7. The number of benzene rings is 1. The lowest BCUT2D eigenvalue weighted by atomic mass is 10.00. The largest absolute Gasteiger partial charge is 0.508 e. The van der Waals surface area contributed by atoms with Crippen LogP contribution in [0.15, 0.2) is 24.3 Å². The Hall–Kier alpha value is -9.13. The molecule has 1 aromatic rings. The van der Waals surface area contributed by atoms with Gasteiger partial charge in [-0.3, -0.25) is 67.1 Å². The van der Waals surface area contributed by atoms with Gasteiger partial charge in [-0.05, 0) is 128 Å². The molecular weight excluding hydrogens is 1310 g/mol. The molecule has 0 bridgehead atoms. The number of carboxylic acid groups (broad SMARTS) is 1. The van der Waals surface area contributed by atoms with E-state index >= 15 is 0 Å². The number of aromatic hydroxyl groups is 1. The third-order valence-electron chi connectivity index (χ3n) is 17.4. The van der Waals surface area contributed by atoms with Crippen molar-refractivity contribution in [1.29, 1.82) is 0 Å². The van der Waals surface area contributed by atoms with Gasteiger partial charge in [-0.25, -0.2) is 4.79 Å². The van der Waals surface area contributed by atoms with Crippen molar-refractivity contribution in [3.63, 3.8) is 0 Å². The summed E-state index contributed by atoms with van der Waals surface area (Å²) >= 11 is 0. The van der Waals surface area contributed by atoms with E-state index in [-0.39, 0.29) is 70.5 Å². The molecule has 0 spiro atoms. The number of unbranched alkanes of at least 4 members (excludes halogenated alkanes) is 1. The van der Waals surface area contributed by atoms with Gasteiger partial charge in [0, 0.05) is 32.5 Å². The summed E-state index contributed by atoms with van der Waals surface area (Å²) < 4.78 is 0. The molecule has 0 aliphatic carbocycles. The van der Waals surface area contributed by atoms with E-state index in [0.29, 0.717) is 37.7 Å². The molecule has 14 amide bonds. The van der Waals surface area contributed by atoms with Crippen molar-refractivity contribution in [3.8, 4) is 5.75 Å². The van der Waals surface area contributed by atoms with Crippen LogP contribution in [0.4, 0.5) is 0 Å².